The molecule has 0 saturated heterocycles. The Morgan fingerprint density at radius 1 is 1.08 bits per heavy atom. The average molecular weight is 348 g/mol. The van der Waals surface area contributed by atoms with E-state index in [9.17, 15) is 4.79 Å². The number of ether oxygens (including phenoxy) is 1. The molecule has 0 saturated carbocycles. The van der Waals surface area contributed by atoms with Gasteiger partial charge in [0, 0.05) is 18.2 Å². The number of benzene rings is 2. The second-order valence-corrected chi connectivity index (χ2v) is 5.68. The zero-order valence-corrected chi connectivity index (χ0v) is 14.4. The van der Waals surface area contributed by atoms with Crippen LogP contribution in [0.4, 0.5) is 17.1 Å². The van der Waals surface area contributed by atoms with Crippen molar-refractivity contribution in [1.29, 1.82) is 0 Å². The van der Waals surface area contributed by atoms with E-state index in [-0.39, 0.29) is 5.91 Å². The third kappa shape index (κ3) is 4.30. The Balaban J connectivity index is 1.59. The molecule has 0 spiro atoms. The fourth-order valence-electron chi connectivity index (χ4n) is 2.39. The number of nitrogens with one attached hydrogen (secondary N) is 2. The average Bonchev–Trinajstić information content (AvgIpc) is 2.69. The largest absolute Gasteiger partial charge is 0.481 e. The minimum absolute atomic E-state index is 0.193. The third-order valence-corrected chi connectivity index (χ3v) is 3.87. The molecule has 26 heavy (non-hydrogen) atoms. The van der Waals surface area contributed by atoms with Crippen LogP contribution in [0, 0.1) is 0 Å². The molecular weight excluding hydrogens is 328 g/mol. The summed E-state index contributed by atoms with van der Waals surface area (Å²) in [5, 5.41) is 6.09. The van der Waals surface area contributed by atoms with Crippen molar-refractivity contribution in [3.8, 4) is 5.88 Å². The van der Waals surface area contributed by atoms with Gasteiger partial charge in [-0.25, -0.2) is 4.98 Å². The Kier molecular flexibility index (Phi) is 5.34. The highest BCUT2D eigenvalue weighted by molar-refractivity contribution is 6.05. The lowest BCUT2D eigenvalue weighted by Crippen LogP contribution is -2.13. The van der Waals surface area contributed by atoms with Gasteiger partial charge in [0.2, 0.25) is 5.88 Å². The summed E-state index contributed by atoms with van der Waals surface area (Å²) in [6.45, 7) is 0.627. The lowest BCUT2D eigenvalue weighted by molar-refractivity contribution is 0.102. The molecule has 6 heteroatoms. The highest BCUT2D eigenvalue weighted by atomic mass is 16.5. The minimum Gasteiger partial charge on any atom is -0.481 e. The van der Waals surface area contributed by atoms with Gasteiger partial charge in [0.25, 0.3) is 5.91 Å². The van der Waals surface area contributed by atoms with E-state index in [1.807, 2.05) is 30.3 Å². The standard InChI is InChI=1S/C20H20N4O2/c1-26-19-11-10-16(13-23-19)22-12-14-6-8-15(9-7-14)20(25)24-18-5-3-2-4-17(18)21/h2-11,13,22H,12,21H2,1H3,(H,24,25). The summed E-state index contributed by atoms with van der Waals surface area (Å²) in [5.74, 6) is 0.381. The summed E-state index contributed by atoms with van der Waals surface area (Å²) in [4.78, 5) is 16.5. The zero-order chi connectivity index (χ0) is 18.4. The number of para-hydroxylation sites is 2. The van der Waals surface area contributed by atoms with Crippen LogP contribution in [-0.4, -0.2) is 18.0 Å². The number of aromatic nitrogens is 1. The number of anilines is 3. The second-order valence-electron chi connectivity index (χ2n) is 5.68. The van der Waals surface area contributed by atoms with Gasteiger partial charge >= 0.3 is 0 Å². The Hall–Kier alpha value is -3.54. The number of nitrogen functional groups attached to an aromatic ring is 1. The van der Waals surface area contributed by atoms with Crippen LogP contribution in [0.25, 0.3) is 0 Å². The summed E-state index contributed by atoms with van der Waals surface area (Å²) in [5.41, 5.74) is 9.51. The maximum atomic E-state index is 12.3. The molecule has 3 aromatic rings. The fraction of sp³-hybridized carbons (Fsp3) is 0.100. The highest BCUT2D eigenvalue weighted by Crippen LogP contribution is 2.18. The lowest BCUT2D eigenvalue weighted by atomic mass is 10.1. The topological polar surface area (TPSA) is 89.3 Å². The number of rotatable bonds is 6. The molecule has 0 aliphatic heterocycles. The summed E-state index contributed by atoms with van der Waals surface area (Å²) in [7, 11) is 1.58. The van der Waals surface area contributed by atoms with Crippen LogP contribution in [0.1, 0.15) is 15.9 Å². The van der Waals surface area contributed by atoms with Gasteiger partial charge in [0.15, 0.2) is 0 Å². The van der Waals surface area contributed by atoms with Crippen molar-refractivity contribution >= 4 is 23.0 Å². The number of carbonyl (C=O) groups is 1. The summed E-state index contributed by atoms with van der Waals surface area (Å²) in [6, 6.07) is 18.3. The monoisotopic (exact) mass is 348 g/mol. The Bertz CT molecular complexity index is 877. The molecule has 1 heterocycles. The third-order valence-electron chi connectivity index (χ3n) is 3.87. The molecule has 0 bridgehead atoms. The number of hydrogen-bond acceptors (Lipinski definition) is 5. The molecular formula is C20H20N4O2. The Labute approximate surface area is 152 Å². The number of carbonyl (C=O) groups excluding carboxylic acids is 1. The maximum Gasteiger partial charge on any atom is 0.255 e. The number of hydrogen-bond donors (Lipinski definition) is 3. The highest BCUT2D eigenvalue weighted by Gasteiger charge is 2.07. The van der Waals surface area contributed by atoms with Crippen molar-refractivity contribution in [2.75, 3.05) is 23.5 Å². The van der Waals surface area contributed by atoms with Gasteiger partial charge < -0.3 is 21.1 Å². The van der Waals surface area contributed by atoms with E-state index >= 15 is 0 Å². The molecule has 0 radical (unpaired) electrons. The molecule has 0 aliphatic carbocycles. The van der Waals surface area contributed by atoms with Crippen LogP contribution < -0.4 is 21.1 Å². The Morgan fingerprint density at radius 2 is 1.85 bits per heavy atom. The normalized spacial score (nSPS) is 10.2. The molecule has 3 rings (SSSR count). The molecule has 0 unspecified atom stereocenters. The van der Waals surface area contributed by atoms with Crippen LogP contribution in [0.5, 0.6) is 5.88 Å². The van der Waals surface area contributed by atoms with Gasteiger partial charge in [0.05, 0.1) is 30.4 Å². The van der Waals surface area contributed by atoms with E-state index in [4.69, 9.17) is 10.5 Å². The van der Waals surface area contributed by atoms with E-state index in [0.717, 1.165) is 11.3 Å². The van der Waals surface area contributed by atoms with Crippen LogP contribution in [0.15, 0.2) is 66.9 Å². The lowest BCUT2D eigenvalue weighted by Gasteiger charge is -2.09. The number of nitrogens with two attached hydrogens (primary N) is 1. The number of amides is 1. The number of nitrogens with zero attached hydrogens (tertiary/aromatic N) is 1. The molecule has 132 valence electrons. The number of methoxy groups -OCH3 is 1. The SMILES string of the molecule is COc1ccc(NCc2ccc(C(=O)Nc3ccccc3N)cc2)cn1. The second kappa shape index (κ2) is 8.02. The first kappa shape index (κ1) is 17.3. The quantitative estimate of drug-likeness (QED) is 0.593. The summed E-state index contributed by atoms with van der Waals surface area (Å²) < 4.78 is 5.03. The van der Waals surface area contributed by atoms with Gasteiger partial charge in [-0.2, -0.15) is 0 Å². The molecule has 1 aromatic heterocycles. The van der Waals surface area contributed by atoms with E-state index in [2.05, 4.69) is 15.6 Å². The molecule has 0 atom stereocenters. The van der Waals surface area contributed by atoms with Crippen molar-refractivity contribution in [2.45, 2.75) is 6.54 Å². The van der Waals surface area contributed by atoms with Gasteiger partial charge in [-0.05, 0) is 35.9 Å². The van der Waals surface area contributed by atoms with E-state index < -0.39 is 0 Å². The molecule has 6 nitrogen and oxygen atoms in total. The molecule has 2 aromatic carbocycles. The van der Waals surface area contributed by atoms with E-state index in [0.29, 0.717) is 29.4 Å². The van der Waals surface area contributed by atoms with Crippen LogP contribution in [-0.2, 0) is 6.54 Å². The molecule has 0 fully saturated rings. The smallest absolute Gasteiger partial charge is 0.255 e. The zero-order valence-electron chi connectivity index (χ0n) is 14.4. The van der Waals surface area contributed by atoms with Gasteiger partial charge in [-0.1, -0.05) is 24.3 Å². The van der Waals surface area contributed by atoms with Crippen LogP contribution in [0.2, 0.25) is 0 Å². The van der Waals surface area contributed by atoms with Crippen molar-refractivity contribution < 1.29 is 9.53 Å². The van der Waals surface area contributed by atoms with E-state index in [1.54, 1.807) is 43.6 Å². The van der Waals surface area contributed by atoms with Crippen molar-refractivity contribution in [2.24, 2.45) is 0 Å². The predicted octanol–water partition coefficient (Wildman–Crippen LogP) is 3.54. The Morgan fingerprint density at radius 3 is 2.50 bits per heavy atom. The van der Waals surface area contributed by atoms with Crippen molar-refractivity contribution in [3.05, 3.63) is 78.0 Å². The predicted molar refractivity (Wildman–Crippen MR) is 103 cm³/mol. The van der Waals surface area contributed by atoms with Crippen LogP contribution >= 0.6 is 0 Å². The van der Waals surface area contributed by atoms with Crippen molar-refractivity contribution in [1.82, 2.24) is 4.98 Å². The minimum atomic E-state index is -0.193. The molecule has 4 N–H and O–H groups in total. The van der Waals surface area contributed by atoms with Crippen LogP contribution in [0.3, 0.4) is 0 Å². The van der Waals surface area contributed by atoms with E-state index in [1.165, 1.54) is 0 Å². The first-order chi connectivity index (χ1) is 12.7. The molecule has 1 amide bonds. The maximum absolute atomic E-state index is 12.3. The summed E-state index contributed by atoms with van der Waals surface area (Å²) in [6.07, 6.45) is 1.71. The number of pyridine rings is 1. The van der Waals surface area contributed by atoms with Gasteiger partial charge in [-0.15, -0.1) is 0 Å². The first-order valence-corrected chi connectivity index (χ1v) is 8.14. The fourth-order valence-corrected chi connectivity index (χ4v) is 2.39. The van der Waals surface area contributed by atoms with Crippen molar-refractivity contribution in [3.63, 3.8) is 0 Å². The van der Waals surface area contributed by atoms with Gasteiger partial charge in [-0.3, -0.25) is 4.79 Å². The van der Waals surface area contributed by atoms with Gasteiger partial charge in [0.1, 0.15) is 0 Å². The summed E-state index contributed by atoms with van der Waals surface area (Å²) >= 11 is 0. The molecule has 0 aliphatic rings. The first-order valence-electron chi connectivity index (χ1n) is 8.14.